The number of aryl methyl sites for hydroxylation is 1. The molecule has 0 saturated heterocycles. The molecule has 1 heterocycles. The van der Waals surface area contributed by atoms with E-state index in [1.807, 2.05) is 43.5 Å². The fraction of sp³-hybridized carbons (Fsp3) is 0.467. The molecule has 0 aliphatic rings. The average Bonchev–Trinajstić information content (AvgIpc) is 2.79. The van der Waals surface area contributed by atoms with Crippen molar-refractivity contribution in [3.8, 4) is 0 Å². The predicted molar refractivity (Wildman–Crippen MR) is 80.1 cm³/mol. The van der Waals surface area contributed by atoms with Crippen LogP contribution in [0.4, 0.5) is 0 Å². The molecule has 0 radical (unpaired) electrons. The Bertz CT molecular complexity index is 634. The van der Waals surface area contributed by atoms with E-state index in [1.165, 1.54) is 0 Å². The van der Waals surface area contributed by atoms with Crippen LogP contribution in [0.3, 0.4) is 0 Å². The molecule has 0 saturated carbocycles. The summed E-state index contributed by atoms with van der Waals surface area (Å²) in [5.74, 6) is 0.421. The first-order valence-corrected chi connectivity index (χ1v) is 7.19. The van der Waals surface area contributed by atoms with Gasteiger partial charge in [-0.05, 0) is 39.3 Å². The number of carbonyl (C=O) groups excluding carboxylic acids is 1. The van der Waals surface area contributed by atoms with Crippen LogP contribution >= 0.6 is 11.6 Å². The first-order chi connectivity index (χ1) is 9.47. The van der Waals surface area contributed by atoms with Gasteiger partial charge in [-0.25, -0.2) is 9.78 Å². The molecule has 5 heteroatoms. The second-order valence-corrected chi connectivity index (χ2v) is 5.48. The number of aromatic nitrogens is 2. The van der Waals surface area contributed by atoms with Gasteiger partial charge < -0.3 is 9.30 Å². The Hall–Kier alpha value is -1.55. The summed E-state index contributed by atoms with van der Waals surface area (Å²) in [7, 11) is 0. The smallest absolute Gasteiger partial charge is 0.328 e. The third-order valence-corrected chi connectivity index (χ3v) is 3.51. The molecule has 4 nitrogen and oxygen atoms in total. The van der Waals surface area contributed by atoms with Crippen molar-refractivity contribution in [2.75, 3.05) is 6.61 Å². The van der Waals surface area contributed by atoms with Crippen molar-refractivity contribution in [1.29, 1.82) is 0 Å². The number of benzene rings is 1. The van der Waals surface area contributed by atoms with E-state index in [0.717, 1.165) is 16.6 Å². The Morgan fingerprint density at radius 2 is 2.15 bits per heavy atom. The minimum Gasteiger partial charge on any atom is -0.464 e. The maximum atomic E-state index is 12.1. The first kappa shape index (κ1) is 14.9. The molecule has 0 bridgehead atoms. The topological polar surface area (TPSA) is 44.1 Å². The normalized spacial score (nSPS) is 14.2. The molecule has 0 amide bonds. The zero-order chi connectivity index (χ0) is 14.9. The molecular formula is C15H19ClN2O2. The number of imidazole rings is 1. The highest BCUT2D eigenvalue weighted by Crippen LogP contribution is 2.30. The summed E-state index contributed by atoms with van der Waals surface area (Å²) in [5, 5.41) is -0.279. The van der Waals surface area contributed by atoms with Gasteiger partial charge in [0.15, 0.2) is 0 Å². The van der Waals surface area contributed by atoms with E-state index in [-0.39, 0.29) is 11.3 Å². The number of hydrogen-bond donors (Lipinski definition) is 0. The van der Waals surface area contributed by atoms with E-state index in [1.54, 1.807) is 6.92 Å². The fourth-order valence-electron chi connectivity index (χ4n) is 2.38. The molecule has 2 aromatic rings. The first-order valence-electron chi connectivity index (χ1n) is 6.75. The van der Waals surface area contributed by atoms with Crippen molar-refractivity contribution in [2.24, 2.45) is 0 Å². The van der Waals surface area contributed by atoms with Crippen molar-refractivity contribution in [3.05, 3.63) is 29.6 Å². The number of hydrogen-bond acceptors (Lipinski definition) is 3. The van der Waals surface area contributed by atoms with Crippen LogP contribution in [0.2, 0.25) is 0 Å². The lowest BCUT2D eigenvalue weighted by Crippen LogP contribution is -2.21. The monoisotopic (exact) mass is 294 g/mol. The van der Waals surface area contributed by atoms with Gasteiger partial charge in [0.1, 0.15) is 11.9 Å². The van der Waals surface area contributed by atoms with E-state index in [9.17, 15) is 4.79 Å². The van der Waals surface area contributed by atoms with Crippen molar-refractivity contribution in [1.82, 2.24) is 9.55 Å². The maximum absolute atomic E-state index is 12.1. The van der Waals surface area contributed by atoms with Crippen LogP contribution in [0.5, 0.6) is 0 Å². The van der Waals surface area contributed by atoms with Crippen molar-refractivity contribution in [2.45, 2.75) is 39.1 Å². The van der Waals surface area contributed by atoms with E-state index in [4.69, 9.17) is 16.3 Å². The van der Waals surface area contributed by atoms with Crippen LogP contribution in [-0.2, 0) is 9.53 Å². The summed E-state index contributed by atoms with van der Waals surface area (Å²) < 4.78 is 7.01. The Balaban J connectivity index is 2.65. The summed E-state index contributed by atoms with van der Waals surface area (Å²) >= 11 is 6.22. The average molecular weight is 295 g/mol. The molecule has 0 N–H and O–H groups in total. The second-order valence-electron chi connectivity index (χ2n) is 4.83. The number of para-hydroxylation sites is 1. The third kappa shape index (κ3) is 2.52. The van der Waals surface area contributed by atoms with Crippen molar-refractivity contribution in [3.63, 3.8) is 0 Å². The lowest BCUT2D eigenvalue weighted by atomic mass is 10.2. The number of halogens is 1. The van der Waals surface area contributed by atoms with Crippen LogP contribution in [0, 0.1) is 6.92 Å². The van der Waals surface area contributed by atoms with Gasteiger partial charge >= 0.3 is 5.97 Å². The van der Waals surface area contributed by atoms with Gasteiger partial charge in [0.05, 0.1) is 23.0 Å². The summed E-state index contributed by atoms with van der Waals surface area (Å²) in [6, 6.07) is 5.44. The number of ether oxygens (including phenoxy) is 1. The van der Waals surface area contributed by atoms with Crippen LogP contribution < -0.4 is 0 Å². The Morgan fingerprint density at radius 1 is 1.45 bits per heavy atom. The summed E-state index contributed by atoms with van der Waals surface area (Å²) in [4.78, 5) is 16.6. The number of rotatable bonds is 4. The van der Waals surface area contributed by atoms with Crippen molar-refractivity contribution < 1.29 is 9.53 Å². The molecule has 0 spiro atoms. The van der Waals surface area contributed by atoms with Gasteiger partial charge in [-0.2, -0.15) is 0 Å². The van der Waals surface area contributed by atoms with E-state index >= 15 is 0 Å². The van der Waals surface area contributed by atoms with Gasteiger partial charge in [-0.3, -0.25) is 0 Å². The van der Waals surface area contributed by atoms with Crippen LogP contribution in [0.1, 0.15) is 43.6 Å². The van der Waals surface area contributed by atoms with Crippen LogP contribution in [-0.4, -0.2) is 22.1 Å². The standard InChI is InChI=1S/C15H19ClN2O2/c1-5-20-15(19)11(4)18-13-9(2)7-6-8-12(13)17-14(18)10(3)16/h6-8,10-11H,5H2,1-4H3. The van der Waals surface area contributed by atoms with E-state index in [0.29, 0.717) is 12.4 Å². The van der Waals surface area contributed by atoms with Gasteiger partial charge in [0.2, 0.25) is 0 Å². The molecule has 0 aliphatic heterocycles. The lowest BCUT2D eigenvalue weighted by Gasteiger charge is -2.18. The molecule has 2 rings (SSSR count). The molecular weight excluding hydrogens is 276 g/mol. The number of carbonyl (C=O) groups is 1. The molecule has 20 heavy (non-hydrogen) atoms. The van der Waals surface area contributed by atoms with Crippen LogP contribution in [0.15, 0.2) is 18.2 Å². The van der Waals surface area contributed by atoms with E-state index in [2.05, 4.69) is 4.98 Å². The largest absolute Gasteiger partial charge is 0.464 e. The summed E-state index contributed by atoms with van der Waals surface area (Å²) in [6.45, 7) is 7.83. The summed E-state index contributed by atoms with van der Waals surface area (Å²) in [6.07, 6.45) is 0. The van der Waals surface area contributed by atoms with Gasteiger partial charge in [-0.1, -0.05) is 12.1 Å². The zero-order valence-electron chi connectivity index (χ0n) is 12.2. The highest BCUT2D eigenvalue weighted by molar-refractivity contribution is 6.20. The third-order valence-electron chi connectivity index (χ3n) is 3.31. The van der Waals surface area contributed by atoms with Gasteiger partial charge in [-0.15, -0.1) is 11.6 Å². The highest BCUT2D eigenvalue weighted by Gasteiger charge is 2.25. The minimum atomic E-state index is -0.447. The summed E-state index contributed by atoms with van der Waals surface area (Å²) in [5.41, 5.74) is 2.86. The number of esters is 1. The molecule has 1 aromatic heterocycles. The van der Waals surface area contributed by atoms with Crippen LogP contribution in [0.25, 0.3) is 11.0 Å². The maximum Gasteiger partial charge on any atom is 0.328 e. The molecule has 1 aromatic carbocycles. The number of fused-ring (bicyclic) bond motifs is 1. The second kappa shape index (κ2) is 5.83. The molecule has 0 aliphatic carbocycles. The zero-order valence-corrected chi connectivity index (χ0v) is 12.9. The van der Waals surface area contributed by atoms with Gasteiger partial charge in [0.25, 0.3) is 0 Å². The number of alkyl halides is 1. The Morgan fingerprint density at radius 3 is 2.75 bits per heavy atom. The minimum absolute atomic E-state index is 0.270. The molecule has 108 valence electrons. The Labute approximate surface area is 123 Å². The highest BCUT2D eigenvalue weighted by atomic mass is 35.5. The van der Waals surface area contributed by atoms with E-state index < -0.39 is 6.04 Å². The SMILES string of the molecule is CCOC(=O)C(C)n1c(C(C)Cl)nc2cccc(C)c21. The fourth-order valence-corrected chi connectivity index (χ4v) is 2.53. The molecule has 0 fully saturated rings. The lowest BCUT2D eigenvalue weighted by molar-refractivity contribution is -0.146. The number of nitrogens with zero attached hydrogens (tertiary/aromatic N) is 2. The van der Waals surface area contributed by atoms with Gasteiger partial charge in [0, 0.05) is 0 Å². The van der Waals surface area contributed by atoms with Crippen molar-refractivity contribution >= 4 is 28.6 Å². The predicted octanol–water partition coefficient (Wildman–Crippen LogP) is 3.77. The Kier molecular flexibility index (Phi) is 4.33. The quantitative estimate of drug-likeness (QED) is 0.637. The molecule has 2 atom stereocenters. The molecule has 2 unspecified atom stereocenters.